The highest BCUT2D eigenvalue weighted by molar-refractivity contribution is 4.72. The van der Waals surface area contributed by atoms with E-state index >= 15 is 0 Å². The molecule has 1 saturated heterocycles. The molecule has 0 N–H and O–H groups in total. The zero-order valence-corrected chi connectivity index (χ0v) is 13.5. The maximum Gasteiger partial charge on any atom is 0.0599 e. The van der Waals surface area contributed by atoms with E-state index < -0.39 is 0 Å². The first kappa shape index (κ1) is 17.0. The smallest absolute Gasteiger partial charge is 0.0599 e. The topological polar surface area (TPSA) is 12.5 Å². The molecule has 2 heteroatoms. The van der Waals surface area contributed by atoms with Gasteiger partial charge in [-0.2, -0.15) is 0 Å². The molecule has 0 aromatic carbocycles. The summed E-state index contributed by atoms with van der Waals surface area (Å²) in [7, 11) is 0. The predicted molar refractivity (Wildman–Crippen MR) is 83.6 cm³/mol. The minimum absolute atomic E-state index is 0.545. The molecule has 0 aliphatic carbocycles. The summed E-state index contributed by atoms with van der Waals surface area (Å²) < 4.78 is 5.96. The number of piperidine rings is 1. The summed E-state index contributed by atoms with van der Waals surface area (Å²) in [4.78, 5) is 2.63. The van der Waals surface area contributed by atoms with Gasteiger partial charge in [-0.3, -0.25) is 0 Å². The highest BCUT2D eigenvalue weighted by Gasteiger charge is 2.18. The van der Waals surface area contributed by atoms with Crippen LogP contribution in [0.25, 0.3) is 0 Å². The van der Waals surface area contributed by atoms with Gasteiger partial charge in [0.2, 0.25) is 0 Å². The van der Waals surface area contributed by atoms with Crippen LogP contribution in [0.4, 0.5) is 0 Å². The molecule has 0 amide bonds. The van der Waals surface area contributed by atoms with Gasteiger partial charge in [-0.25, -0.2) is 0 Å². The van der Waals surface area contributed by atoms with Gasteiger partial charge in [0.1, 0.15) is 0 Å². The summed E-state index contributed by atoms with van der Waals surface area (Å²) >= 11 is 0. The van der Waals surface area contributed by atoms with E-state index in [1.54, 1.807) is 0 Å². The fraction of sp³-hybridized carbons (Fsp3) is 1.00. The molecule has 1 fully saturated rings. The Hall–Kier alpha value is -0.0800. The quantitative estimate of drug-likeness (QED) is 0.542. The second-order valence-corrected chi connectivity index (χ2v) is 6.51. The third-order valence-corrected chi connectivity index (χ3v) is 4.14. The lowest BCUT2D eigenvalue weighted by atomic mass is 10.0. The molecule has 0 aromatic heterocycles. The number of rotatable bonds is 10. The van der Waals surface area contributed by atoms with Crippen molar-refractivity contribution in [2.75, 3.05) is 26.2 Å². The van der Waals surface area contributed by atoms with Crippen molar-refractivity contribution in [3.63, 3.8) is 0 Å². The Balaban J connectivity index is 1.96. The second-order valence-electron chi connectivity index (χ2n) is 6.51. The number of nitrogens with zero attached hydrogens (tertiary/aromatic N) is 1. The highest BCUT2D eigenvalue weighted by atomic mass is 16.5. The van der Waals surface area contributed by atoms with E-state index in [0.29, 0.717) is 6.10 Å². The lowest BCUT2D eigenvalue weighted by molar-refractivity contribution is 0.00571. The van der Waals surface area contributed by atoms with Gasteiger partial charge >= 0.3 is 0 Å². The normalized spacial score (nSPS) is 18.3. The third-order valence-electron chi connectivity index (χ3n) is 4.14. The summed E-state index contributed by atoms with van der Waals surface area (Å²) in [6.07, 6.45) is 11.0. The van der Waals surface area contributed by atoms with Crippen LogP contribution < -0.4 is 0 Å². The zero-order chi connectivity index (χ0) is 13.9. The minimum Gasteiger partial charge on any atom is -0.378 e. The number of hydrogen-bond acceptors (Lipinski definition) is 2. The van der Waals surface area contributed by atoms with Crippen LogP contribution in [0.5, 0.6) is 0 Å². The molecule has 0 radical (unpaired) electrons. The van der Waals surface area contributed by atoms with Crippen LogP contribution >= 0.6 is 0 Å². The van der Waals surface area contributed by atoms with Crippen LogP contribution in [0.15, 0.2) is 0 Å². The lowest BCUT2D eigenvalue weighted by Crippen LogP contribution is -2.37. The fourth-order valence-corrected chi connectivity index (χ4v) is 2.79. The van der Waals surface area contributed by atoms with Crippen molar-refractivity contribution in [1.29, 1.82) is 0 Å². The largest absolute Gasteiger partial charge is 0.378 e. The molecule has 2 nitrogen and oxygen atoms in total. The first-order valence-corrected chi connectivity index (χ1v) is 8.56. The molecule has 0 atom stereocenters. The van der Waals surface area contributed by atoms with Crippen molar-refractivity contribution in [2.45, 2.75) is 78.2 Å². The average Bonchev–Trinajstić information content (AvgIpc) is 2.41. The Morgan fingerprint density at radius 3 is 2.42 bits per heavy atom. The molecule has 0 spiro atoms. The van der Waals surface area contributed by atoms with Crippen LogP contribution in [-0.4, -0.2) is 37.2 Å². The maximum atomic E-state index is 5.96. The van der Waals surface area contributed by atoms with Gasteiger partial charge in [0.15, 0.2) is 0 Å². The van der Waals surface area contributed by atoms with Crippen molar-refractivity contribution >= 4 is 0 Å². The Morgan fingerprint density at radius 2 is 1.79 bits per heavy atom. The average molecular weight is 269 g/mol. The summed E-state index contributed by atoms with van der Waals surface area (Å²) in [6.45, 7) is 11.7. The van der Waals surface area contributed by atoms with E-state index in [1.807, 2.05) is 0 Å². The van der Waals surface area contributed by atoms with Crippen molar-refractivity contribution in [2.24, 2.45) is 5.92 Å². The molecule has 1 rings (SSSR count). The highest BCUT2D eigenvalue weighted by Crippen LogP contribution is 2.15. The molecule has 1 aliphatic heterocycles. The Kier molecular flexibility index (Phi) is 9.54. The molecule has 1 heterocycles. The standard InChI is InChI=1S/C17H35NO/c1-4-5-8-15-19-17-10-13-18(14-11-17)12-7-6-9-16(2)3/h16-17H,4-15H2,1-3H3. The molecule has 0 bridgehead atoms. The molecule has 0 aromatic rings. The van der Waals surface area contributed by atoms with Gasteiger partial charge in [-0.15, -0.1) is 0 Å². The first-order chi connectivity index (χ1) is 9.22. The van der Waals surface area contributed by atoms with Crippen LogP contribution in [-0.2, 0) is 4.74 Å². The monoisotopic (exact) mass is 269 g/mol. The van der Waals surface area contributed by atoms with E-state index in [4.69, 9.17) is 4.74 Å². The molecule has 0 saturated carbocycles. The van der Waals surface area contributed by atoms with E-state index in [-0.39, 0.29) is 0 Å². The molecule has 1 aliphatic rings. The van der Waals surface area contributed by atoms with E-state index in [1.165, 1.54) is 71.0 Å². The van der Waals surface area contributed by atoms with Gasteiger partial charge in [0.25, 0.3) is 0 Å². The third kappa shape index (κ3) is 8.65. The van der Waals surface area contributed by atoms with Crippen LogP contribution in [0.1, 0.15) is 72.1 Å². The van der Waals surface area contributed by atoms with Gasteiger partial charge in [0.05, 0.1) is 6.10 Å². The number of hydrogen-bond donors (Lipinski definition) is 0. The number of ether oxygens (including phenoxy) is 1. The molecular formula is C17H35NO. The fourth-order valence-electron chi connectivity index (χ4n) is 2.79. The summed E-state index contributed by atoms with van der Waals surface area (Å²) in [5.74, 6) is 0.863. The Bertz CT molecular complexity index is 197. The van der Waals surface area contributed by atoms with Gasteiger partial charge in [-0.05, 0) is 38.1 Å². The molecule has 114 valence electrons. The lowest BCUT2D eigenvalue weighted by Gasteiger charge is -2.32. The Morgan fingerprint density at radius 1 is 1.05 bits per heavy atom. The van der Waals surface area contributed by atoms with Crippen LogP contribution in [0.2, 0.25) is 0 Å². The van der Waals surface area contributed by atoms with E-state index in [9.17, 15) is 0 Å². The van der Waals surface area contributed by atoms with Crippen LogP contribution in [0.3, 0.4) is 0 Å². The molecule has 0 unspecified atom stereocenters. The van der Waals surface area contributed by atoms with Gasteiger partial charge < -0.3 is 9.64 Å². The van der Waals surface area contributed by atoms with E-state index in [2.05, 4.69) is 25.7 Å². The first-order valence-electron chi connectivity index (χ1n) is 8.56. The Labute approximate surface area is 120 Å². The second kappa shape index (κ2) is 10.7. The van der Waals surface area contributed by atoms with Crippen LogP contribution in [0, 0.1) is 5.92 Å². The molecular weight excluding hydrogens is 234 g/mol. The van der Waals surface area contributed by atoms with Gasteiger partial charge in [-0.1, -0.05) is 46.5 Å². The zero-order valence-electron chi connectivity index (χ0n) is 13.5. The maximum absolute atomic E-state index is 5.96. The van der Waals surface area contributed by atoms with Crippen molar-refractivity contribution in [3.8, 4) is 0 Å². The summed E-state index contributed by atoms with van der Waals surface area (Å²) in [5.41, 5.74) is 0. The van der Waals surface area contributed by atoms with E-state index in [0.717, 1.165) is 12.5 Å². The molecule has 19 heavy (non-hydrogen) atoms. The predicted octanol–water partition coefficient (Wildman–Crippen LogP) is 4.48. The van der Waals surface area contributed by atoms with Gasteiger partial charge in [0, 0.05) is 19.7 Å². The number of unbranched alkanes of at least 4 members (excludes halogenated alkanes) is 3. The van der Waals surface area contributed by atoms with Crippen molar-refractivity contribution in [1.82, 2.24) is 4.90 Å². The minimum atomic E-state index is 0.545. The SMILES string of the molecule is CCCCCOC1CCN(CCCCC(C)C)CC1. The number of likely N-dealkylation sites (tertiary alicyclic amines) is 1. The summed E-state index contributed by atoms with van der Waals surface area (Å²) in [6, 6.07) is 0. The van der Waals surface area contributed by atoms with Crippen molar-refractivity contribution < 1.29 is 4.74 Å². The summed E-state index contributed by atoms with van der Waals surface area (Å²) in [5, 5.41) is 0. The van der Waals surface area contributed by atoms with Crippen molar-refractivity contribution in [3.05, 3.63) is 0 Å².